The zero-order valence-electron chi connectivity index (χ0n) is 9.72. The van der Waals surface area contributed by atoms with Crippen LogP contribution in [0.4, 0.5) is 0 Å². The van der Waals surface area contributed by atoms with Crippen LogP contribution in [0.25, 0.3) is 0 Å². The lowest BCUT2D eigenvalue weighted by molar-refractivity contribution is 0.600. The van der Waals surface area contributed by atoms with Crippen molar-refractivity contribution in [1.82, 2.24) is 15.3 Å². The van der Waals surface area contributed by atoms with Crippen LogP contribution in [0.15, 0.2) is 15.9 Å². The molecule has 0 spiro atoms. The molecule has 88 valence electrons. The first kappa shape index (κ1) is 13.1. The Bertz CT molecular complexity index is 453. The van der Waals surface area contributed by atoms with Gasteiger partial charge in [0.2, 0.25) is 0 Å². The lowest BCUT2D eigenvalue weighted by Crippen LogP contribution is -2.28. The second-order valence-electron chi connectivity index (χ2n) is 3.77. The number of H-pyrrole nitrogens is 1. The Balaban J connectivity index is 2.95. The minimum atomic E-state index is -0.0785. The van der Waals surface area contributed by atoms with E-state index in [1.807, 2.05) is 13.8 Å². The molecule has 0 aliphatic carbocycles. The fraction of sp³-hybridized carbons (Fsp3) is 0.455. The quantitative estimate of drug-likeness (QED) is 0.889. The number of nitrogens with zero attached hydrogens (tertiary/aromatic N) is 1. The molecule has 4 nitrogen and oxygen atoms in total. The Labute approximate surface area is 103 Å². The third kappa shape index (κ3) is 3.28. The van der Waals surface area contributed by atoms with Crippen LogP contribution < -0.4 is 10.9 Å². The summed E-state index contributed by atoms with van der Waals surface area (Å²) in [5, 5.41) is 3.19. The molecule has 16 heavy (non-hydrogen) atoms. The molecule has 0 fully saturated rings. The van der Waals surface area contributed by atoms with Crippen molar-refractivity contribution in [2.45, 2.75) is 26.8 Å². The highest BCUT2D eigenvalue weighted by atomic mass is 79.9. The topological polar surface area (TPSA) is 57.8 Å². The summed E-state index contributed by atoms with van der Waals surface area (Å²) in [5.41, 5.74) is 1.37. The summed E-state index contributed by atoms with van der Waals surface area (Å²) < 4.78 is 0.855. The molecular formula is C11H16BrN3O. The third-order valence-corrected chi connectivity index (χ3v) is 2.58. The normalized spacial score (nSPS) is 12.5. The molecule has 0 aromatic carbocycles. The minimum Gasteiger partial charge on any atom is -0.310 e. The van der Waals surface area contributed by atoms with Crippen molar-refractivity contribution in [3.63, 3.8) is 0 Å². The van der Waals surface area contributed by atoms with Gasteiger partial charge in [-0.3, -0.25) is 4.79 Å². The monoisotopic (exact) mass is 285 g/mol. The molecule has 1 aromatic heterocycles. The van der Waals surface area contributed by atoms with E-state index in [-0.39, 0.29) is 11.6 Å². The SMILES string of the molecule is C=C(Br)CNC(C)c1c(C)nc(C)[nH]c1=O. The van der Waals surface area contributed by atoms with Crippen molar-refractivity contribution >= 4 is 15.9 Å². The van der Waals surface area contributed by atoms with Gasteiger partial charge in [-0.15, -0.1) is 0 Å². The van der Waals surface area contributed by atoms with E-state index in [1.54, 1.807) is 6.92 Å². The Hall–Kier alpha value is -0.940. The smallest absolute Gasteiger partial charge is 0.255 e. The largest absolute Gasteiger partial charge is 0.310 e. The number of hydrogen-bond donors (Lipinski definition) is 2. The van der Waals surface area contributed by atoms with E-state index in [0.717, 1.165) is 10.2 Å². The Morgan fingerprint density at radius 2 is 2.25 bits per heavy atom. The molecule has 0 saturated heterocycles. The summed E-state index contributed by atoms with van der Waals surface area (Å²) in [6.45, 7) is 9.91. The van der Waals surface area contributed by atoms with E-state index < -0.39 is 0 Å². The highest BCUT2D eigenvalue weighted by Gasteiger charge is 2.13. The van der Waals surface area contributed by atoms with E-state index in [9.17, 15) is 4.79 Å². The molecule has 2 N–H and O–H groups in total. The average molecular weight is 286 g/mol. The second-order valence-corrected chi connectivity index (χ2v) is 4.89. The summed E-state index contributed by atoms with van der Waals surface area (Å²) in [4.78, 5) is 18.7. The first-order valence-corrected chi connectivity index (χ1v) is 5.85. The molecule has 1 unspecified atom stereocenters. The van der Waals surface area contributed by atoms with E-state index in [2.05, 4.69) is 37.8 Å². The van der Waals surface area contributed by atoms with Crippen LogP contribution in [-0.4, -0.2) is 16.5 Å². The van der Waals surface area contributed by atoms with Gasteiger partial charge in [0.05, 0.1) is 5.56 Å². The Morgan fingerprint density at radius 1 is 1.62 bits per heavy atom. The predicted octanol–water partition coefficient (Wildman–Crippen LogP) is 1.95. The third-order valence-electron chi connectivity index (χ3n) is 2.30. The summed E-state index contributed by atoms with van der Waals surface area (Å²) in [7, 11) is 0. The lowest BCUT2D eigenvalue weighted by Gasteiger charge is -2.14. The van der Waals surface area contributed by atoms with Crippen molar-refractivity contribution < 1.29 is 0 Å². The zero-order chi connectivity index (χ0) is 12.3. The number of aromatic nitrogens is 2. The molecule has 1 aromatic rings. The molecule has 0 amide bonds. The molecule has 1 rings (SSSR count). The number of aromatic amines is 1. The maximum atomic E-state index is 11.8. The van der Waals surface area contributed by atoms with Gasteiger partial charge in [0.1, 0.15) is 5.82 Å². The van der Waals surface area contributed by atoms with Gasteiger partial charge in [0.15, 0.2) is 0 Å². The molecule has 5 heteroatoms. The van der Waals surface area contributed by atoms with Crippen LogP contribution in [0.5, 0.6) is 0 Å². The van der Waals surface area contributed by atoms with Gasteiger partial charge in [-0.25, -0.2) is 4.98 Å². The molecule has 1 heterocycles. The van der Waals surface area contributed by atoms with E-state index in [0.29, 0.717) is 17.9 Å². The molecule has 0 radical (unpaired) electrons. The summed E-state index contributed by atoms with van der Waals surface area (Å²) in [6, 6.07) is -0.0499. The minimum absolute atomic E-state index is 0.0499. The van der Waals surface area contributed by atoms with Crippen LogP contribution >= 0.6 is 15.9 Å². The van der Waals surface area contributed by atoms with E-state index in [1.165, 1.54) is 0 Å². The van der Waals surface area contributed by atoms with Gasteiger partial charge in [-0.05, 0) is 20.8 Å². The molecule has 0 aliphatic rings. The standard InChI is InChI=1S/C11H16BrN3O/c1-6(12)5-13-7(2)10-8(3)14-9(4)15-11(10)16/h7,13H,1,5H2,2-4H3,(H,14,15,16). The van der Waals surface area contributed by atoms with Crippen LogP contribution in [0.3, 0.4) is 0 Å². The highest BCUT2D eigenvalue weighted by molar-refractivity contribution is 9.11. The Kier molecular flexibility index (Phi) is 4.44. The van der Waals surface area contributed by atoms with E-state index in [4.69, 9.17) is 0 Å². The van der Waals surface area contributed by atoms with Crippen molar-refractivity contribution in [2.24, 2.45) is 0 Å². The fourth-order valence-electron chi connectivity index (χ4n) is 1.61. The number of hydrogen-bond acceptors (Lipinski definition) is 3. The molecular weight excluding hydrogens is 270 g/mol. The highest BCUT2D eigenvalue weighted by Crippen LogP contribution is 2.11. The molecule has 1 atom stereocenters. The summed E-state index contributed by atoms with van der Waals surface area (Å²) in [5.74, 6) is 0.642. The van der Waals surface area contributed by atoms with E-state index >= 15 is 0 Å². The van der Waals surface area contributed by atoms with Crippen molar-refractivity contribution in [2.75, 3.05) is 6.54 Å². The second kappa shape index (κ2) is 5.41. The van der Waals surface area contributed by atoms with Crippen LogP contribution in [0.1, 0.15) is 30.0 Å². The number of rotatable bonds is 4. The summed E-state index contributed by atoms with van der Waals surface area (Å²) >= 11 is 3.27. The van der Waals surface area contributed by atoms with Crippen LogP contribution in [-0.2, 0) is 0 Å². The first-order valence-electron chi connectivity index (χ1n) is 5.06. The molecule has 0 aliphatic heterocycles. The van der Waals surface area contributed by atoms with Gasteiger partial charge < -0.3 is 10.3 Å². The average Bonchev–Trinajstić information content (AvgIpc) is 2.12. The molecule has 0 bridgehead atoms. The van der Waals surface area contributed by atoms with Crippen LogP contribution in [0, 0.1) is 13.8 Å². The van der Waals surface area contributed by atoms with Crippen LogP contribution in [0.2, 0.25) is 0 Å². The van der Waals surface area contributed by atoms with Gasteiger partial charge in [0, 0.05) is 22.8 Å². The number of nitrogens with one attached hydrogen (secondary N) is 2. The molecule has 0 saturated carbocycles. The first-order chi connectivity index (χ1) is 7.41. The van der Waals surface area contributed by atoms with Gasteiger partial charge in [-0.1, -0.05) is 22.5 Å². The summed E-state index contributed by atoms with van der Waals surface area (Å²) in [6.07, 6.45) is 0. The number of aryl methyl sites for hydroxylation is 2. The van der Waals surface area contributed by atoms with Gasteiger partial charge >= 0.3 is 0 Å². The van der Waals surface area contributed by atoms with Crippen molar-refractivity contribution in [1.29, 1.82) is 0 Å². The Morgan fingerprint density at radius 3 is 2.75 bits per heavy atom. The lowest BCUT2D eigenvalue weighted by atomic mass is 10.1. The van der Waals surface area contributed by atoms with Gasteiger partial charge in [0.25, 0.3) is 5.56 Å². The maximum absolute atomic E-state index is 11.8. The van der Waals surface area contributed by atoms with Gasteiger partial charge in [-0.2, -0.15) is 0 Å². The van der Waals surface area contributed by atoms with Crippen molar-refractivity contribution in [3.05, 3.63) is 38.5 Å². The maximum Gasteiger partial charge on any atom is 0.255 e. The number of halogens is 1. The van der Waals surface area contributed by atoms with Crippen molar-refractivity contribution in [3.8, 4) is 0 Å². The zero-order valence-corrected chi connectivity index (χ0v) is 11.3. The fourth-order valence-corrected chi connectivity index (χ4v) is 1.77. The predicted molar refractivity (Wildman–Crippen MR) is 68.8 cm³/mol.